The van der Waals surface area contributed by atoms with Crippen molar-refractivity contribution >= 4 is 43.8 Å². The largest absolute Gasteiger partial charge is 0.490 e. The fourth-order valence-corrected chi connectivity index (χ4v) is 3.31. The van der Waals surface area contributed by atoms with Crippen molar-refractivity contribution in [3.8, 4) is 5.75 Å². The number of hydrazone groups is 1. The average Bonchev–Trinajstić information content (AvgIpc) is 2.65. The molecule has 0 atom stereocenters. The van der Waals surface area contributed by atoms with Crippen molar-refractivity contribution in [1.29, 1.82) is 0 Å². The Bertz CT molecular complexity index is 959. The highest BCUT2D eigenvalue weighted by Crippen LogP contribution is 2.20. The van der Waals surface area contributed by atoms with Gasteiger partial charge < -0.3 is 4.74 Å². The standard InChI is InChI=1S/C19H20BrN3O4S/c1-3-11-27-18-6-4-5-15(12-18)13-21-22-19(24)14-23(28(2,25)26)17-9-7-16(20)8-10-17/h3-10,12-13H,1,11,14H2,2H3,(H,22,24)/b21-13-. The Morgan fingerprint density at radius 2 is 2.00 bits per heavy atom. The summed E-state index contributed by atoms with van der Waals surface area (Å²) in [5.74, 6) is 0.0809. The van der Waals surface area contributed by atoms with Gasteiger partial charge in [-0.15, -0.1) is 0 Å². The number of benzene rings is 2. The number of rotatable bonds is 9. The maximum Gasteiger partial charge on any atom is 0.260 e. The number of hydrogen-bond acceptors (Lipinski definition) is 5. The van der Waals surface area contributed by atoms with Gasteiger partial charge in [-0.1, -0.05) is 40.7 Å². The molecule has 0 spiro atoms. The number of ether oxygens (including phenoxy) is 1. The summed E-state index contributed by atoms with van der Waals surface area (Å²) in [6, 6.07) is 13.7. The van der Waals surface area contributed by atoms with Gasteiger partial charge in [0, 0.05) is 4.47 Å². The summed E-state index contributed by atoms with van der Waals surface area (Å²) in [5, 5.41) is 3.88. The lowest BCUT2D eigenvalue weighted by molar-refractivity contribution is -0.119. The lowest BCUT2D eigenvalue weighted by Crippen LogP contribution is -2.39. The molecule has 1 N–H and O–H groups in total. The Balaban J connectivity index is 2.02. The van der Waals surface area contributed by atoms with Gasteiger partial charge in [-0.25, -0.2) is 13.8 Å². The van der Waals surface area contributed by atoms with E-state index in [1.54, 1.807) is 54.6 Å². The van der Waals surface area contributed by atoms with Gasteiger partial charge in [-0.2, -0.15) is 5.10 Å². The zero-order valence-corrected chi connectivity index (χ0v) is 17.6. The first kappa shape index (κ1) is 21.6. The van der Waals surface area contributed by atoms with Crippen LogP contribution in [0.15, 0.2) is 70.8 Å². The van der Waals surface area contributed by atoms with E-state index in [1.165, 1.54) is 6.21 Å². The zero-order chi connectivity index (χ0) is 20.6. The highest BCUT2D eigenvalue weighted by molar-refractivity contribution is 9.10. The molecule has 2 rings (SSSR count). The minimum atomic E-state index is -3.64. The number of nitrogens with zero attached hydrogens (tertiary/aromatic N) is 2. The van der Waals surface area contributed by atoms with E-state index >= 15 is 0 Å². The van der Waals surface area contributed by atoms with E-state index in [-0.39, 0.29) is 6.54 Å². The van der Waals surface area contributed by atoms with Crippen molar-refractivity contribution in [2.24, 2.45) is 5.10 Å². The summed E-state index contributed by atoms with van der Waals surface area (Å²) in [7, 11) is -3.64. The van der Waals surface area contributed by atoms with Crippen LogP contribution in [0.2, 0.25) is 0 Å². The molecule has 148 valence electrons. The van der Waals surface area contributed by atoms with Crippen molar-refractivity contribution in [2.45, 2.75) is 0 Å². The number of carbonyl (C=O) groups excluding carboxylic acids is 1. The highest BCUT2D eigenvalue weighted by atomic mass is 79.9. The number of hydrogen-bond donors (Lipinski definition) is 1. The number of carbonyl (C=O) groups is 1. The summed E-state index contributed by atoms with van der Waals surface area (Å²) < 4.78 is 31.3. The Labute approximate surface area is 172 Å². The zero-order valence-electron chi connectivity index (χ0n) is 15.2. The second-order valence-electron chi connectivity index (χ2n) is 5.71. The normalized spacial score (nSPS) is 11.2. The van der Waals surface area contributed by atoms with E-state index in [0.717, 1.165) is 20.6 Å². The van der Waals surface area contributed by atoms with Crippen LogP contribution in [0.1, 0.15) is 5.56 Å². The smallest absolute Gasteiger partial charge is 0.260 e. The van der Waals surface area contributed by atoms with E-state index in [1.807, 2.05) is 0 Å². The van der Waals surface area contributed by atoms with Crippen molar-refractivity contribution in [3.63, 3.8) is 0 Å². The second kappa shape index (κ2) is 10.0. The predicted molar refractivity (Wildman–Crippen MR) is 114 cm³/mol. The van der Waals surface area contributed by atoms with Crippen molar-refractivity contribution in [1.82, 2.24) is 5.43 Å². The van der Waals surface area contributed by atoms with Crippen molar-refractivity contribution < 1.29 is 17.9 Å². The summed E-state index contributed by atoms with van der Waals surface area (Å²) in [4.78, 5) is 12.2. The van der Waals surface area contributed by atoms with Gasteiger partial charge in [0.2, 0.25) is 10.0 Å². The monoisotopic (exact) mass is 465 g/mol. The molecule has 9 heteroatoms. The van der Waals surface area contributed by atoms with Gasteiger partial charge in [0.05, 0.1) is 18.2 Å². The van der Waals surface area contributed by atoms with Crippen LogP contribution in [0.5, 0.6) is 5.75 Å². The van der Waals surface area contributed by atoms with Gasteiger partial charge in [0.15, 0.2) is 0 Å². The molecule has 0 saturated carbocycles. The van der Waals surface area contributed by atoms with E-state index in [9.17, 15) is 13.2 Å². The van der Waals surface area contributed by atoms with Crippen LogP contribution in [0.4, 0.5) is 5.69 Å². The van der Waals surface area contributed by atoms with Crippen LogP contribution in [0, 0.1) is 0 Å². The lowest BCUT2D eigenvalue weighted by atomic mass is 10.2. The number of nitrogens with one attached hydrogen (secondary N) is 1. The third kappa shape index (κ3) is 6.82. The molecule has 0 aliphatic rings. The van der Waals surface area contributed by atoms with Gasteiger partial charge >= 0.3 is 0 Å². The molecule has 2 aromatic rings. The molecule has 0 heterocycles. The molecule has 0 unspecified atom stereocenters. The molecule has 7 nitrogen and oxygen atoms in total. The summed E-state index contributed by atoms with van der Waals surface area (Å²) in [6.07, 6.45) is 4.13. The molecule has 0 bridgehead atoms. The van der Waals surface area contributed by atoms with Gasteiger partial charge in [0.25, 0.3) is 5.91 Å². The van der Waals surface area contributed by atoms with Gasteiger partial charge in [0.1, 0.15) is 18.9 Å². The van der Waals surface area contributed by atoms with E-state index in [4.69, 9.17) is 4.74 Å². The van der Waals surface area contributed by atoms with Gasteiger partial charge in [-0.3, -0.25) is 9.10 Å². The van der Waals surface area contributed by atoms with E-state index < -0.39 is 15.9 Å². The fourth-order valence-electron chi connectivity index (χ4n) is 2.19. The molecule has 0 fully saturated rings. The number of sulfonamides is 1. The lowest BCUT2D eigenvalue weighted by Gasteiger charge is -2.21. The Morgan fingerprint density at radius 3 is 2.64 bits per heavy atom. The minimum Gasteiger partial charge on any atom is -0.490 e. The summed E-state index contributed by atoms with van der Waals surface area (Å²) in [5.41, 5.74) is 3.44. The van der Waals surface area contributed by atoms with Crippen molar-refractivity contribution in [2.75, 3.05) is 23.7 Å². The van der Waals surface area contributed by atoms with Crippen LogP contribution in [-0.4, -0.2) is 39.9 Å². The summed E-state index contributed by atoms with van der Waals surface area (Å²) >= 11 is 3.29. The molecule has 0 aliphatic heterocycles. The Hall–Kier alpha value is -2.65. The first-order chi connectivity index (χ1) is 13.3. The van der Waals surface area contributed by atoms with Crippen molar-refractivity contribution in [3.05, 3.63) is 71.2 Å². The molecule has 0 radical (unpaired) electrons. The minimum absolute atomic E-state index is 0.384. The Morgan fingerprint density at radius 1 is 1.29 bits per heavy atom. The summed E-state index contributed by atoms with van der Waals surface area (Å²) in [6.45, 7) is 3.58. The number of anilines is 1. The predicted octanol–water partition coefficient (Wildman–Crippen LogP) is 2.93. The van der Waals surface area contributed by atoms with Crippen LogP contribution >= 0.6 is 15.9 Å². The fraction of sp³-hybridized carbons (Fsp3) is 0.158. The first-order valence-electron chi connectivity index (χ1n) is 8.18. The first-order valence-corrected chi connectivity index (χ1v) is 10.8. The maximum absolute atomic E-state index is 12.2. The molecule has 1 amide bonds. The molecule has 2 aromatic carbocycles. The molecule has 0 aromatic heterocycles. The third-order valence-corrected chi connectivity index (χ3v) is 5.10. The molecule has 0 aliphatic carbocycles. The quantitative estimate of drug-likeness (QED) is 0.350. The molecule has 28 heavy (non-hydrogen) atoms. The van der Waals surface area contributed by atoms with E-state index in [2.05, 4.69) is 33.0 Å². The Kier molecular flexibility index (Phi) is 7.77. The SMILES string of the molecule is C=CCOc1cccc(/C=N\NC(=O)CN(c2ccc(Br)cc2)S(C)(=O)=O)c1. The maximum atomic E-state index is 12.2. The molecular weight excluding hydrogens is 446 g/mol. The van der Waals surface area contributed by atoms with E-state index in [0.29, 0.717) is 18.0 Å². The molecule has 0 saturated heterocycles. The van der Waals surface area contributed by atoms with Crippen LogP contribution < -0.4 is 14.5 Å². The van der Waals surface area contributed by atoms with Crippen LogP contribution in [-0.2, 0) is 14.8 Å². The topological polar surface area (TPSA) is 88.1 Å². The number of amides is 1. The number of halogens is 1. The average molecular weight is 466 g/mol. The third-order valence-electron chi connectivity index (χ3n) is 3.43. The highest BCUT2D eigenvalue weighted by Gasteiger charge is 2.20. The molecular formula is C19H20BrN3O4S. The van der Waals surface area contributed by atoms with Gasteiger partial charge in [-0.05, 0) is 42.0 Å². The second-order valence-corrected chi connectivity index (χ2v) is 8.53. The van der Waals surface area contributed by atoms with Crippen LogP contribution in [0.25, 0.3) is 0 Å². The van der Waals surface area contributed by atoms with Crippen LogP contribution in [0.3, 0.4) is 0 Å².